The van der Waals surface area contributed by atoms with Gasteiger partial charge in [-0.25, -0.2) is 13.1 Å². The van der Waals surface area contributed by atoms with Crippen molar-refractivity contribution in [1.82, 2.24) is 15.4 Å². The minimum atomic E-state index is -3.16. The SMILES string of the molecule is CC(CC1CCCCN1)NCC(C)(C)NS(C)(=O)=O. The van der Waals surface area contributed by atoms with Gasteiger partial charge in [0.2, 0.25) is 10.0 Å². The van der Waals surface area contributed by atoms with E-state index in [2.05, 4.69) is 22.3 Å². The fourth-order valence-corrected chi connectivity index (χ4v) is 3.68. The van der Waals surface area contributed by atoms with E-state index in [4.69, 9.17) is 0 Å². The number of piperidine rings is 1. The minimum Gasteiger partial charge on any atom is -0.314 e. The van der Waals surface area contributed by atoms with E-state index in [0.717, 1.165) is 13.0 Å². The van der Waals surface area contributed by atoms with Crippen LogP contribution in [-0.2, 0) is 10.0 Å². The van der Waals surface area contributed by atoms with E-state index in [9.17, 15) is 8.42 Å². The molecule has 1 saturated heterocycles. The lowest BCUT2D eigenvalue weighted by Crippen LogP contribution is -2.52. The summed E-state index contributed by atoms with van der Waals surface area (Å²) in [4.78, 5) is 0. The van der Waals surface area contributed by atoms with Crippen molar-refractivity contribution in [1.29, 1.82) is 0 Å². The maximum absolute atomic E-state index is 11.3. The molecule has 114 valence electrons. The van der Waals surface area contributed by atoms with E-state index >= 15 is 0 Å². The van der Waals surface area contributed by atoms with Crippen LogP contribution in [0.5, 0.6) is 0 Å². The van der Waals surface area contributed by atoms with Crippen LogP contribution in [-0.4, -0.2) is 45.4 Å². The van der Waals surface area contributed by atoms with Crippen molar-refractivity contribution in [3.63, 3.8) is 0 Å². The Hall–Kier alpha value is -0.170. The van der Waals surface area contributed by atoms with Gasteiger partial charge in [-0.1, -0.05) is 6.42 Å². The second-order valence-electron chi connectivity index (χ2n) is 6.42. The zero-order valence-electron chi connectivity index (χ0n) is 12.6. The third kappa shape index (κ3) is 7.87. The Morgan fingerprint density at radius 2 is 2.05 bits per heavy atom. The lowest BCUT2D eigenvalue weighted by atomic mass is 9.98. The van der Waals surface area contributed by atoms with Gasteiger partial charge >= 0.3 is 0 Å². The van der Waals surface area contributed by atoms with Gasteiger partial charge in [-0.05, 0) is 46.6 Å². The van der Waals surface area contributed by atoms with Gasteiger partial charge in [0.1, 0.15) is 0 Å². The first-order chi connectivity index (χ1) is 8.68. The molecule has 6 heteroatoms. The van der Waals surface area contributed by atoms with Gasteiger partial charge < -0.3 is 10.6 Å². The Labute approximate surface area is 118 Å². The van der Waals surface area contributed by atoms with E-state index in [1.54, 1.807) is 0 Å². The lowest BCUT2D eigenvalue weighted by Gasteiger charge is -2.30. The molecule has 0 aromatic rings. The highest BCUT2D eigenvalue weighted by atomic mass is 32.2. The highest BCUT2D eigenvalue weighted by Gasteiger charge is 2.23. The maximum Gasteiger partial charge on any atom is 0.209 e. The molecule has 0 aromatic heterocycles. The molecule has 0 aromatic carbocycles. The molecule has 5 nitrogen and oxygen atoms in total. The Kier molecular flexibility index (Phi) is 6.23. The van der Waals surface area contributed by atoms with Crippen molar-refractivity contribution in [2.24, 2.45) is 0 Å². The molecule has 0 spiro atoms. The van der Waals surface area contributed by atoms with Gasteiger partial charge in [-0.3, -0.25) is 0 Å². The molecule has 0 aliphatic carbocycles. The minimum absolute atomic E-state index is 0.385. The van der Waals surface area contributed by atoms with Crippen molar-refractivity contribution in [3.05, 3.63) is 0 Å². The van der Waals surface area contributed by atoms with Gasteiger partial charge in [-0.2, -0.15) is 0 Å². The molecular formula is C13H29N3O2S. The van der Waals surface area contributed by atoms with Crippen LogP contribution in [0.3, 0.4) is 0 Å². The van der Waals surface area contributed by atoms with Gasteiger partial charge in [-0.15, -0.1) is 0 Å². The summed E-state index contributed by atoms with van der Waals surface area (Å²) in [6.07, 6.45) is 6.13. The average Bonchev–Trinajstić information content (AvgIpc) is 2.25. The third-order valence-corrected chi connectivity index (χ3v) is 4.33. The monoisotopic (exact) mass is 291 g/mol. The van der Waals surface area contributed by atoms with Crippen LogP contribution >= 0.6 is 0 Å². The average molecular weight is 291 g/mol. The molecule has 1 aliphatic rings. The van der Waals surface area contributed by atoms with E-state index in [1.807, 2.05) is 13.8 Å². The van der Waals surface area contributed by atoms with Crippen LogP contribution in [0.2, 0.25) is 0 Å². The Balaban J connectivity index is 2.30. The van der Waals surface area contributed by atoms with Crippen LogP contribution < -0.4 is 15.4 Å². The first-order valence-electron chi connectivity index (χ1n) is 7.14. The van der Waals surface area contributed by atoms with Gasteiger partial charge in [0.15, 0.2) is 0 Å². The highest BCUT2D eigenvalue weighted by Crippen LogP contribution is 2.12. The van der Waals surface area contributed by atoms with Crippen LogP contribution in [0.15, 0.2) is 0 Å². The largest absolute Gasteiger partial charge is 0.314 e. The van der Waals surface area contributed by atoms with Crippen molar-refractivity contribution >= 4 is 10.0 Å². The summed E-state index contributed by atoms with van der Waals surface area (Å²) in [5, 5.41) is 6.96. The van der Waals surface area contributed by atoms with Crippen molar-refractivity contribution in [2.45, 2.75) is 64.1 Å². The topological polar surface area (TPSA) is 70.2 Å². The molecule has 2 unspecified atom stereocenters. The summed E-state index contributed by atoms with van der Waals surface area (Å²) >= 11 is 0. The second-order valence-corrected chi connectivity index (χ2v) is 8.17. The first kappa shape index (κ1) is 16.9. The molecule has 19 heavy (non-hydrogen) atoms. The van der Waals surface area contributed by atoms with Crippen molar-refractivity contribution < 1.29 is 8.42 Å². The number of hydrogen-bond acceptors (Lipinski definition) is 4. The van der Waals surface area contributed by atoms with Crippen LogP contribution in [0, 0.1) is 0 Å². The fourth-order valence-electron chi connectivity index (χ4n) is 2.60. The molecule has 2 atom stereocenters. The standard InChI is InChI=1S/C13H29N3O2S/c1-11(9-12-7-5-6-8-14-12)15-10-13(2,3)16-19(4,17)18/h11-12,14-16H,5-10H2,1-4H3. The van der Waals surface area contributed by atoms with E-state index in [1.165, 1.54) is 25.5 Å². The van der Waals surface area contributed by atoms with Crippen molar-refractivity contribution in [2.75, 3.05) is 19.3 Å². The summed E-state index contributed by atoms with van der Waals surface area (Å²) in [5.41, 5.74) is -0.457. The molecule has 1 fully saturated rings. The van der Waals surface area contributed by atoms with Gasteiger partial charge in [0.05, 0.1) is 6.26 Å². The summed E-state index contributed by atoms with van der Waals surface area (Å²) < 4.78 is 25.2. The smallest absolute Gasteiger partial charge is 0.209 e. The molecular weight excluding hydrogens is 262 g/mol. The fraction of sp³-hybridized carbons (Fsp3) is 1.00. The zero-order chi connectivity index (χ0) is 14.5. The summed E-state index contributed by atoms with van der Waals surface area (Å²) in [6.45, 7) is 7.71. The number of nitrogens with one attached hydrogen (secondary N) is 3. The molecule has 1 rings (SSSR count). The summed E-state index contributed by atoms with van der Waals surface area (Å²) in [5.74, 6) is 0. The van der Waals surface area contributed by atoms with Crippen LogP contribution in [0.25, 0.3) is 0 Å². The molecule has 0 saturated carbocycles. The van der Waals surface area contributed by atoms with Crippen molar-refractivity contribution in [3.8, 4) is 0 Å². The Bertz CT molecular complexity index is 362. The maximum atomic E-state index is 11.3. The van der Waals surface area contributed by atoms with E-state index in [0.29, 0.717) is 18.6 Å². The number of hydrogen-bond donors (Lipinski definition) is 3. The third-order valence-electron chi connectivity index (χ3n) is 3.40. The first-order valence-corrected chi connectivity index (χ1v) is 9.03. The predicted octanol–water partition coefficient (Wildman–Crippen LogP) is 0.825. The Morgan fingerprint density at radius 3 is 2.58 bits per heavy atom. The van der Waals surface area contributed by atoms with Crippen LogP contribution in [0.1, 0.15) is 46.5 Å². The molecule has 1 heterocycles. The van der Waals surface area contributed by atoms with Gasteiger partial charge in [0, 0.05) is 24.2 Å². The zero-order valence-corrected chi connectivity index (χ0v) is 13.4. The quantitative estimate of drug-likeness (QED) is 0.650. The molecule has 1 aliphatic heterocycles. The highest BCUT2D eigenvalue weighted by molar-refractivity contribution is 7.88. The van der Waals surface area contributed by atoms with Crippen LogP contribution in [0.4, 0.5) is 0 Å². The van der Waals surface area contributed by atoms with Gasteiger partial charge in [0.25, 0.3) is 0 Å². The number of sulfonamides is 1. The normalized spacial score (nSPS) is 23.3. The Morgan fingerprint density at radius 1 is 1.37 bits per heavy atom. The predicted molar refractivity (Wildman–Crippen MR) is 79.8 cm³/mol. The molecule has 0 amide bonds. The molecule has 0 bridgehead atoms. The summed E-state index contributed by atoms with van der Waals surface area (Å²) in [7, 11) is -3.16. The molecule has 3 N–H and O–H groups in total. The number of rotatable bonds is 7. The van der Waals surface area contributed by atoms with E-state index < -0.39 is 15.6 Å². The molecule has 0 radical (unpaired) electrons. The second kappa shape index (κ2) is 7.02. The summed E-state index contributed by atoms with van der Waals surface area (Å²) in [6, 6.07) is 0.985. The lowest BCUT2D eigenvalue weighted by molar-refractivity contribution is 0.326. The van der Waals surface area contributed by atoms with E-state index in [-0.39, 0.29) is 0 Å².